The minimum absolute atomic E-state index is 0.0562. The van der Waals surface area contributed by atoms with Crippen molar-refractivity contribution >= 4 is 20.0 Å². The summed E-state index contributed by atoms with van der Waals surface area (Å²) in [5.41, 5.74) is 0.183. The molecule has 7 nitrogen and oxygen atoms in total. The van der Waals surface area contributed by atoms with Crippen LogP contribution in [0.25, 0.3) is 0 Å². The van der Waals surface area contributed by atoms with Crippen LogP contribution in [0.5, 0.6) is 0 Å². The largest absolute Gasteiger partial charge is 0.381 e. The monoisotopic (exact) mass is 470 g/mol. The van der Waals surface area contributed by atoms with Gasteiger partial charge in [-0.3, -0.25) is 0 Å². The summed E-state index contributed by atoms with van der Waals surface area (Å²) in [6.07, 6.45) is 9.95. The Morgan fingerprint density at radius 2 is 1.13 bits per heavy atom. The number of hydrogen-bond acceptors (Lipinski definition) is 5. The summed E-state index contributed by atoms with van der Waals surface area (Å²) in [4.78, 5) is 0. The van der Waals surface area contributed by atoms with Gasteiger partial charge in [0, 0.05) is 13.2 Å². The van der Waals surface area contributed by atoms with Crippen LogP contribution in [0.2, 0.25) is 0 Å². The Labute approximate surface area is 185 Å². The molecule has 0 aromatic carbocycles. The van der Waals surface area contributed by atoms with Gasteiger partial charge in [-0.1, -0.05) is 47.0 Å². The van der Waals surface area contributed by atoms with Crippen molar-refractivity contribution in [1.29, 1.82) is 0 Å². The van der Waals surface area contributed by atoms with E-state index in [2.05, 4.69) is 13.8 Å². The van der Waals surface area contributed by atoms with Gasteiger partial charge in [0.05, 0.1) is 10.5 Å². The maximum Gasteiger partial charge on any atom is 0.214 e. The lowest BCUT2D eigenvalue weighted by molar-refractivity contribution is 0.118. The molecule has 0 radical (unpaired) electrons. The first kappa shape index (κ1) is 29.8. The Kier molecular flexibility index (Phi) is 13.9. The zero-order valence-electron chi connectivity index (χ0n) is 19.6. The highest BCUT2D eigenvalue weighted by Crippen LogP contribution is 2.37. The van der Waals surface area contributed by atoms with Crippen LogP contribution in [0.3, 0.4) is 0 Å². The third-order valence-corrected chi connectivity index (χ3v) is 9.79. The van der Waals surface area contributed by atoms with Crippen LogP contribution in [0.1, 0.15) is 105 Å². The molecule has 182 valence electrons. The number of unbranched alkanes of at least 4 members (excludes halogenated alkanes) is 2. The molecular weight excluding hydrogens is 424 g/mol. The van der Waals surface area contributed by atoms with E-state index in [0.29, 0.717) is 38.9 Å². The first-order valence-electron chi connectivity index (χ1n) is 11.5. The van der Waals surface area contributed by atoms with Crippen LogP contribution in [0.15, 0.2) is 0 Å². The number of sulfonamides is 2. The highest BCUT2D eigenvalue weighted by molar-refractivity contribution is 7.90. The average molecular weight is 471 g/mol. The van der Waals surface area contributed by atoms with E-state index >= 15 is 0 Å². The molecule has 0 heterocycles. The molecule has 0 aliphatic rings. The number of ether oxygens (including phenoxy) is 1. The van der Waals surface area contributed by atoms with Gasteiger partial charge in [0.2, 0.25) is 20.0 Å². The molecular formula is C21H46N2O5S2. The van der Waals surface area contributed by atoms with Crippen LogP contribution in [0, 0.1) is 5.41 Å². The standard InChI is InChI=1S/C21H46N2O5S2/c1-5-20(6-2,15-13-19-29(22,24)25)14-9-11-17-28-18-12-10-16-21(7-3,8-4)30(23,26)27/h5-19H2,1-4H3,(H2,22,24,25)(H2,23,26,27). The molecule has 0 atom stereocenters. The summed E-state index contributed by atoms with van der Waals surface area (Å²) in [6.45, 7) is 9.44. The fourth-order valence-corrected chi connectivity index (χ4v) is 6.12. The van der Waals surface area contributed by atoms with Crippen molar-refractivity contribution in [2.45, 2.75) is 109 Å². The van der Waals surface area contributed by atoms with Crippen molar-refractivity contribution in [3.63, 3.8) is 0 Å². The number of hydrogen-bond donors (Lipinski definition) is 2. The molecule has 0 aromatic rings. The fraction of sp³-hybridized carbons (Fsp3) is 1.00. The summed E-state index contributed by atoms with van der Waals surface area (Å²) in [7, 11) is -6.93. The van der Waals surface area contributed by atoms with Crippen molar-refractivity contribution in [2.75, 3.05) is 19.0 Å². The van der Waals surface area contributed by atoms with Crippen LogP contribution in [0.4, 0.5) is 0 Å². The van der Waals surface area contributed by atoms with Crippen LogP contribution < -0.4 is 10.3 Å². The molecule has 0 unspecified atom stereocenters. The third kappa shape index (κ3) is 10.9. The lowest BCUT2D eigenvalue weighted by Crippen LogP contribution is -2.42. The molecule has 0 saturated carbocycles. The van der Waals surface area contributed by atoms with Gasteiger partial charge in [-0.15, -0.1) is 0 Å². The van der Waals surface area contributed by atoms with E-state index in [0.717, 1.165) is 51.4 Å². The molecule has 0 aromatic heterocycles. The van der Waals surface area contributed by atoms with Gasteiger partial charge in [0.15, 0.2) is 0 Å². The average Bonchev–Trinajstić information content (AvgIpc) is 2.66. The van der Waals surface area contributed by atoms with E-state index < -0.39 is 24.8 Å². The number of primary sulfonamides is 2. The zero-order valence-corrected chi connectivity index (χ0v) is 21.3. The molecule has 0 rings (SSSR count). The molecule has 0 spiro atoms. The second-order valence-electron chi connectivity index (χ2n) is 8.64. The van der Waals surface area contributed by atoms with Gasteiger partial charge in [-0.25, -0.2) is 27.1 Å². The smallest absolute Gasteiger partial charge is 0.214 e. The molecule has 4 N–H and O–H groups in total. The Balaban J connectivity index is 4.11. The molecule has 0 bridgehead atoms. The zero-order chi connectivity index (χ0) is 23.3. The second kappa shape index (κ2) is 14.0. The minimum Gasteiger partial charge on any atom is -0.381 e. The van der Waals surface area contributed by atoms with Crippen LogP contribution in [-0.2, 0) is 24.8 Å². The minimum atomic E-state index is -3.55. The normalized spacial score (nSPS) is 13.7. The topological polar surface area (TPSA) is 130 Å². The van der Waals surface area contributed by atoms with Gasteiger partial charge in [0.1, 0.15) is 0 Å². The molecule has 0 aliphatic carbocycles. The van der Waals surface area contributed by atoms with Gasteiger partial charge in [0.25, 0.3) is 0 Å². The van der Waals surface area contributed by atoms with E-state index in [4.69, 9.17) is 15.0 Å². The van der Waals surface area contributed by atoms with E-state index in [9.17, 15) is 16.8 Å². The number of nitrogens with two attached hydrogens (primary N) is 2. The maximum atomic E-state index is 11.9. The molecule has 9 heteroatoms. The first-order valence-corrected chi connectivity index (χ1v) is 14.8. The van der Waals surface area contributed by atoms with E-state index in [-0.39, 0.29) is 11.2 Å². The highest BCUT2D eigenvalue weighted by Gasteiger charge is 2.37. The summed E-state index contributed by atoms with van der Waals surface area (Å²) in [5, 5.41) is 10.6. The molecule has 0 fully saturated rings. The van der Waals surface area contributed by atoms with Gasteiger partial charge in [-0.2, -0.15) is 0 Å². The molecule has 0 saturated heterocycles. The quantitative estimate of drug-likeness (QED) is 0.275. The summed E-state index contributed by atoms with van der Waals surface area (Å²) < 4.78 is 51.1. The summed E-state index contributed by atoms with van der Waals surface area (Å²) in [6, 6.07) is 0. The molecule has 0 aliphatic heterocycles. The van der Waals surface area contributed by atoms with Crippen molar-refractivity contribution in [2.24, 2.45) is 15.7 Å². The lowest BCUT2D eigenvalue weighted by atomic mass is 9.74. The van der Waals surface area contributed by atoms with Crippen molar-refractivity contribution in [1.82, 2.24) is 0 Å². The SMILES string of the molecule is CCC(CC)(CCCCOCCCCC(CC)(CC)S(N)(=O)=O)CCCS(N)(=O)=O. The summed E-state index contributed by atoms with van der Waals surface area (Å²) >= 11 is 0. The van der Waals surface area contributed by atoms with Crippen molar-refractivity contribution in [3.05, 3.63) is 0 Å². The Bertz CT molecular complexity index is 655. The second-order valence-corrected chi connectivity index (χ2v) is 12.3. The van der Waals surface area contributed by atoms with E-state index in [1.54, 1.807) is 0 Å². The Morgan fingerprint density at radius 1 is 0.667 bits per heavy atom. The molecule has 30 heavy (non-hydrogen) atoms. The number of rotatable bonds is 19. The maximum absolute atomic E-state index is 11.9. The Morgan fingerprint density at radius 3 is 1.53 bits per heavy atom. The van der Waals surface area contributed by atoms with Gasteiger partial charge < -0.3 is 4.74 Å². The van der Waals surface area contributed by atoms with Gasteiger partial charge in [-0.05, 0) is 63.2 Å². The predicted octanol–water partition coefficient (Wildman–Crippen LogP) is 4.07. The van der Waals surface area contributed by atoms with Crippen LogP contribution in [-0.4, -0.2) is 40.5 Å². The Hall–Kier alpha value is -0.220. The van der Waals surface area contributed by atoms with Crippen LogP contribution >= 0.6 is 0 Å². The van der Waals surface area contributed by atoms with Gasteiger partial charge >= 0.3 is 0 Å². The third-order valence-electron chi connectivity index (χ3n) is 6.95. The highest BCUT2D eigenvalue weighted by atomic mass is 32.2. The van der Waals surface area contributed by atoms with Crippen molar-refractivity contribution < 1.29 is 21.6 Å². The molecule has 0 amide bonds. The van der Waals surface area contributed by atoms with E-state index in [1.807, 2.05) is 13.8 Å². The lowest BCUT2D eigenvalue weighted by Gasteiger charge is -2.32. The fourth-order valence-electron chi connectivity index (χ4n) is 4.34. The predicted molar refractivity (Wildman–Crippen MR) is 125 cm³/mol. The summed E-state index contributed by atoms with van der Waals surface area (Å²) in [5.74, 6) is 0.0562. The first-order chi connectivity index (χ1) is 13.9. The van der Waals surface area contributed by atoms with E-state index in [1.165, 1.54) is 0 Å². The van der Waals surface area contributed by atoms with Crippen molar-refractivity contribution in [3.8, 4) is 0 Å².